The molecule has 2 N–H and O–H groups in total. The maximum Gasteiger partial charge on any atom is 0.422 e. The van der Waals surface area contributed by atoms with Gasteiger partial charge in [-0.3, -0.25) is 0 Å². The molecule has 0 unspecified atom stereocenters. The SMILES string of the molecule is Fc1c(F)c(C(F)(F)F)c(F)c(F)c1NC(=S)Nc1cccc(C(F)(F)F)c1. The zero-order chi connectivity index (χ0) is 21.4. The third-order valence-electron chi connectivity index (χ3n) is 3.23. The minimum atomic E-state index is -5.72. The quantitative estimate of drug-likeness (QED) is 0.339. The standard InChI is InChI=1S/C15H6F10N2S/c16-8-7(15(23,24)25)9(17)11(19)12(10(8)18)27-13(28)26-6-3-1-2-5(4-6)14(20,21)22/h1-4H,(H2,26,27,28). The van der Waals surface area contributed by atoms with Gasteiger partial charge in [-0.15, -0.1) is 0 Å². The molecular formula is C15H6F10N2S. The Morgan fingerprint density at radius 2 is 1.29 bits per heavy atom. The van der Waals surface area contributed by atoms with Gasteiger partial charge >= 0.3 is 12.4 Å². The van der Waals surface area contributed by atoms with Crippen molar-refractivity contribution in [1.29, 1.82) is 0 Å². The number of hydrogen-bond donors (Lipinski definition) is 2. The predicted molar refractivity (Wildman–Crippen MR) is 82.6 cm³/mol. The summed E-state index contributed by atoms with van der Waals surface area (Å²) in [5.74, 6) is -10.3. The van der Waals surface area contributed by atoms with E-state index < -0.39 is 57.5 Å². The highest BCUT2D eigenvalue weighted by molar-refractivity contribution is 7.80. The molecular weight excluding hydrogens is 430 g/mol. The average Bonchev–Trinajstić information content (AvgIpc) is 2.55. The Labute approximate surface area is 155 Å². The zero-order valence-electron chi connectivity index (χ0n) is 13.0. The Bertz CT molecular complexity index is 891. The molecule has 2 nitrogen and oxygen atoms in total. The van der Waals surface area contributed by atoms with Gasteiger partial charge in [-0.1, -0.05) is 6.07 Å². The molecule has 0 fully saturated rings. The van der Waals surface area contributed by atoms with Crippen LogP contribution in [0.4, 0.5) is 55.3 Å². The van der Waals surface area contributed by atoms with Crippen LogP contribution in [0.15, 0.2) is 24.3 Å². The number of nitrogens with one attached hydrogen (secondary N) is 2. The summed E-state index contributed by atoms with van der Waals surface area (Å²) in [6.45, 7) is 0. The van der Waals surface area contributed by atoms with Crippen molar-refractivity contribution in [3.8, 4) is 0 Å². The van der Waals surface area contributed by atoms with Crippen molar-refractivity contribution in [3.63, 3.8) is 0 Å². The normalized spacial score (nSPS) is 12.1. The molecule has 0 heterocycles. The second-order valence-electron chi connectivity index (χ2n) is 5.16. The average molecular weight is 436 g/mol. The second kappa shape index (κ2) is 7.45. The summed E-state index contributed by atoms with van der Waals surface area (Å²) < 4.78 is 130. The van der Waals surface area contributed by atoms with E-state index in [9.17, 15) is 43.9 Å². The molecule has 0 bridgehead atoms. The molecule has 2 aromatic carbocycles. The van der Waals surface area contributed by atoms with E-state index in [1.807, 2.05) is 0 Å². The monoisotopic (exact) mass is 436 g/mol. The van der Waals surface area contributed by atoms with E-state index >= 15 is 0 Å². The van der Waals surface area contributed by atoms with Gasteiger partial charge in [-0.2, -0.15) is 26.3 Å². The van der Waals surface area contributed by atoms with Crippen LogP contribution in [0.3, 0.4) is 0 Å². The van der Waals surface area contributed by atoms with E-state index in [4.69, 9.17) is 0 Å². The van der Waals surface area contributed by atoms with E-state index in [1.165, 1.54) is 0 Å². The molecule has 0 amide bonds. The summed E-state index contributed by atoms with van der Waals surface area (Å²) in [5, 5.41) is 2.81. The molecule has 0 radical (unpaired) electrons. The third kappa shape index (κ3) is 4.46. The first kappa shape index (κ1) is 21.7. The highest BCUT2D eigenvalue weighted by Crippen LogP contribution is 2.38. The van der Waals surface area contributed by atoms with Gasteiger partial charge in [0.05, 0.1) is 5.56 Å². The van der Waals surface area contributed by atoms with Gasteiger partial charge < -0.3 is 10.6 Å². The summed E-state index contributed by atoms with van der Waals surface area (Å²) in [7, 11) is 0. The van der Waals surface area contributed by atoms with Gasteiger partial charge in [0.2, 0.25) is 0 Å². The second-order valence-corrected chi connectivity index (χ2v) is 5.57. The molecule has 13 heteroatoms. The molecule has 2 aromatic rings. The Kier molecular flexibility index (Phi) is 5.78. The lowest BCUT2D eigenvalue weighted by Gasteiger charge is -2.16. The van der Waals surface area contributed by atoms with Gasteiger partial charge in [0.1, 0.15) is 11.3 Å². The van der Waals surface area contributed by atoms with Crippen LogP contribution < -0.4 is 10.6 Å². The molecule has 152 valence electrons. The van der Waals surface area contributed by atoms with Gasteiger partial charge in [0.15, 0.2) is 28.4 Å². The maximum absolute atomic E-state index is 13.8. The Morgan fingerprint density at radius 1 is 0.750 bits per heavy atom. The molecule has 0 aliphatic rings. The lowest BCUT2D eigenvalue weighted by molar-refractivity contribution is -0.143. The van der Waals surface area contributed by atoms with Crippen molar-refractivity contribution in [2.75, 3.05) is 10.6 Å². The van der Waals surface area contributed by atoms with E-state index in [0.29, 0.717) is 12.1 Å². The first-order valence-electron chi connectivity index (χ1n) is 6.92. The van der Waals surface area contributed by atoms with Crippen LogP contribution in [0.25, 0.3) is 0 Å². The zero-order valence-corrected chi connectivity index (χ0v) is 13.8. The highest BCUT2D eigenvalue weighted by Gasteiger charge is 2.42. The number of rotatable bonds is 2. The number of thiocarbonyl (C=S) groups is 1. The molecule has 0 aromatic heterocycles. The molecule has 0 aliphatic carbocycles. The number of halogens is 10. The van der Waals surface area contributed by atoms with Crippen LogP contribution in [-0.4, -0.2) is 5.11 Å². The van der Waals surface area contributed by atoms with E-state index in [-0.39, 0.29) is 5.69 Å². The molecule has 0 spiro atoms. The van der Waals surface area contributed by atoms with E-state index in [0.717, 1.165) is 12.1 Å². The van der Waals surface area contributed by atoms with Crippen LogP contribution in [-0.2, 0) is 12.4 Å². The minimum Gasteiger partial charge on any atom is -0.332 e. The number of benzene rings is 2. The molecule has 2 rings (SSSR count). The largest absolute Gasteiger partial charge is 0.422 e. The van der Waals surface area contributed by atoms with Crippen LogP contribution in [0.2, 0.25) is 0 Å². The summed E-state index contributed by atoms with van der Waals surface area (Å²) in [6.07, 6.45) is -10.4. The fourth-order valence-corrected chi connectivity index (χ4v) is 2.26. The molecule has 0 saturated heterocycles. The van der Waals surface area contributed by atoms with E-state index in [1.54, 1.807) is 5.32 Å². The van der Waals surface area contributed by atoms with Gasteiger partial charge in [0.25, 0.3) is 0 Å². The maximum atomic E-state index is 13.8. The first-order valence-corrected chi connectivity index (χ1v) is 7.32. The molecule has 0 atom stereocenters. The van der Waals surface area contributed by atoms with Crippen LogP contribution in [0, 0.1) is 23.3 Å². The molecule has 0 saturated carbocycles. The van der Waals surface area contributed by atoms with Crippen LogP contribution in [0.1, 0.15) is 11.1 Å². The Hall–Kier alpha value is -2.57. The summed E-state index contributed by atoms with van der Waals surface area (Å²) >= 11 is 4.56. The van der Waals surface area contributed by atoms with Crippen molar-refractivity contribution >= 4 is 28.7 Å². The van der Waals surface area contributed by atoms with Gasteiger partial charge in [-0.05, 0) is 30.4 Å². The van der Waals surface area contributed by atoms with Crippen LogP contribution >= 0.6 is 12.2 Å². The fourth-order valence-electron chi connectivity index (χ4n) is 2.04. The molecule has 28 heavy (non-hydrogen) atoms. The number of hydrogen-bond acceptors (Lipinski definition) is 1. The van der Waals surface area contributed by atoms with Crippen LogP contribution in [0.5, 0.6) is 0 Å². The number of alkyl halides is 6. The Balaban J connectivity index is 2.33. The van der Waals surface area contributed by atoms with E-state index in [2.05, 4.69) is 17.5 Å². The van der Waals surface area contributed by atoms with Gasteiger partial charge in [-0.25, -0.2) is 17.6 Å². The number of anilines is 2. The molecule has 0 aliphatic heterocycles. The minimum absolute atomic E-state index is 0.319. The Morgan fingerprint density at radius 3 is 1.75 bits per heavy atom. The first-order chi connectivity index (χ1) is 12.7. The summed E-state index contributed by atoms with van der Waals surface area (Å²) in [5.41, 5.74) is -5.89. The topological polar surface area (TPSA) is 24.1 Å². The van der Waals surface area contributed by atoms with Gasteiger partial charge in [0, 0.05) is 5.69 Å². The lowest BCUT2D eigenvalue weighted by Crippen LogP contribution is -2.23. The summed E-state index contributed by atoms with van der Waals surface area (Å²) in [4.78, 5) is 0. The fraction of sp³-hybridized carbons (Fsp3) is 0.133. The smallest absolute Gasteiger partial charge is 0.332 e. The predicted octanol–water partition coefficient (Wildman–Crippen LogP) is 6.09. The van der Waals surface area contributed by atoms with Crippen molar-refractivity contribution < 1.29 is 43.9 Å². The lowest BCUT2D eigenvalue weighted by atomic mass is 10.1. The van der Waals surface area contributed by atoms with Crippen molar-refractivity contribution in [2.24, 2.45) is 0 Å². The highest BCUT2D eigenvalue weighted by atomic mass is 32.1. The van der Waals surface area contributed by atoms with Crippen molar-refractivity contribution in [1.82, 2.24) is 0 Å². The third-order valence-corrected chi connectivity index (χ3v) is 3.44. The summed E-state index contributed by atoms with van der Waals surface area (Å²) in [6, 6.07) is 3.31. The van der Waals surface area contributed by atoms with Crippen molar-refractivity contribution in [2.45, 2.75) is 12.4 Å². The van der Waals surface area contributed by atoms with Crippen molar-refractivity contribution in [3.05, 3.63) is 58.7 Å².